The molecule has 0 radical (unpaired) electrons. The van der Waals surface area contributed by atoms with Gasteiger partial charge in [-0.25, -0.2) is 0 Å². The van der Waals surface area contributed by atoms with E-state index in [0.29, 0.717) is 12.0 Å². The van der Waals surface area contributed by atoms with E-state index in [1.165, 1.54) is 12.0 Å². The van der Waals surface area contributed by atoms with E-state index in [-0.39, 0.29) is 12.3 Å². The van der Waals surface area contributed by atoms with E-state index in [1.54, 1.807) is 0 Å². The zero-order valence-electron chi connectivity index (χ0n) is 15.6. The molecule has 4 rings (SSSR count). The summed E-state index contributed by atoms with van der Waals surface area (Å²) in [6.07, 6.45) is 6.69. The van der Waals surface area contributed by atoms with Crippen molar-refractivity contribution in [1.29, 1.82) is 0 Å². The summed E-state index contributed by atoms with van der Waals surface area (Å²) in [7, 11) is 0. The molecule has 0 fully saturated rings. The number of benzene rings is 1. The van der Waals surface area contributed by atoms with Crippen LogP contribution in [-0.4, -0.2) is 17.0 Å². The predicted molar refractivity (Wildman–Crippen MR) is 104 cm³/mol. The van der Waals surface area contributed by atoms with Gasteiger partial charge in [0.05, 0.1) is 5.57 Å². The summed E-state index contributed by atoms with van der Waals surface area (Å²) in [5.74, 6) is 0.848. The van der Waals surface area contributed by atoms with Gasteiger partial charge in [-0.05, 0) is 73.9 Å². The highest BCUT2D eigenvalue weighted by Crippen LogP contribution is 2.39. The number of carboxylic acid groups (broad SMARTS) is 1. The quantitative estimate of drug-likeness (QED) is 0.793. The fourth-order valence-corrected chi connectivity index (χ4v) is 4.17. The highest BCUT2D eigenvalue weighted by Gasteiger charge is 2.28. The molecule has 0 saturated carbocycles. The number of furan rings is 1. The van der Waals surface area contributed by atoms with Crippen molar-refractivity contribution in [2.45, 2.75) is 52.4 Å². The normalized spacial score (nSPS) is 17.0. The monoisotopic (exact) mass is 365 g/mol. The number of nitrogens with one attached hydrogen (secondary N) is 1. The number of hydrogen-bond donors (Lipinski definition) is 2. The van der Waals surface area contributed by atoms with Crippen LogP contribution in [0, 0.1) is 13.8 Å². The van der Waals surface area contributed by atoms with Gasteiger partial charge in [-0.3, -0.25) is 9.59 Å². The molecule has 0 atom stereocenters. The Hall–Kier alpha value is -2.82. The largest absolute Gasteiger partial charge is 0.481 e. The third-order valence-corrected chi connectivity index (χ3v) is 5.70. The Morgan fingerprint density at radius 3 is 2.74 bits per heavy atom. The van der Waals surface area contributed by atoms with Crippen LogP contribution in [0.3, 0.4) is 0 Å². The summed E-state index contributed by atoms with van der Waals surface area (Å²) in [5.41, 5.74) is 6.54. The lowest BCUT2D eigenvalue weighted by molar-refractivity contribution is -0.137. The average Bonchev–Trinajstić information content (AvgIpc) is 3.13. The Morgan fingerprint density at radius 2 is 2.00 bits per heavy atom. The summed E-state index contributed by atoms with van der Waals surface area (Å²) in [4.78, 5) is 23.5. The van der Waals surface area contributed by atoms with Gasteiger partial charge in [0, 0.05) is 24.1 Å². The molecular formula is C22H23NO4. The molecule has 2 heterocycles. The summed E-state index contributed by atoms with van der Waals surface area (Å²) < 4.78 is 6.08. The smallest absolute Gasteiger partial charge is 0.303 e. The van der Waals surface area contributed by atoms with Crippen molar-refractivity contribution < 1.29 is 19.1 Å². The number of anilines is 1. The number of hydrogen-bond acceptors (Lipinski definition) is 3. The Balaban J connectivity index is 1.77. The first-order valence-electron chi connectivity index (χ1n) is 9.44. The van der Waals surface area contributed by atoms with Gasteiger partial charge in [0.25, 0.3) is 5.91 Å². The molecule has 2 aliphatic rings. The maximum absolute atomic E-state index is 12.6. The van der Waals surface area contributed by atoms with E-state index < -0.39 is 5.97 Å². The van der Waals surface area contributed by atoms with Crippen LogP contribution >= 0.6 is 0 Å². The second-order valence-corrected chi connectivity index (χ2v) is 7.38. The van der Waals surface area contributed by atoms with Gasteiger partial charge in [0.1, 0.15) is 11.5 Å². The first-order valence-corrected chi connectivity index (χ1v) is 9.44. The molecule has 2 N–H and O–H groups in total. The first kappa shape index (κ1) is 17.6. The van der Waals surface area contributed by atoms with E-state index in [4.69, 9.17) is 9.52 Å². The molecule has 1 amide bonds. The van der Waals surface area contributed by atoms with Crippen LogP contribution in [0.15, 0.2) is 16.5 Å². The Bertz CT molecular complexity index is 981. The van der Waals surface area contributed by atoms with Crippen molar-refractivity contribution in [2.75, 3.05) is 5.32 Å². The lowest BCUT2D eigenvalue weighted by Crippen LogP contribution is -2.03. The van der Waals surface area contributed by atoms with Crippen molar-refractivity contribution >= 4 is 29.2 Å². The van der Waals surface area contributed by atoms with Gasteiger partial charge in [-0.15, -0.1) is 0 Å². The fraction of sp³-hybridized carbons (Fsp3) is 0.364. The molecule has 1 aliphatic carbocycles. The van der Waals surface area contributed by atoms with Gasteiger partial charge < -0.3 is 14.8 Å². The topological polar surface area (TPSA) is 79.5 Å². The highest BCUT2D eigenvalue weighted by molar-refractivity contribution is 6.35. The van der Waals surface area contributed by atoms with Crippen molar-refractivity contribution in [1.82, 2.24) is 0 Å². The van der Waals surface area contributed by atoms with E-state index in [0.717, 1.165) is 58.7 Å². The summed E-state index contributed by atoms with van der Waals surface area (Å²) in [6, 6.07) is 3.76. The van der Waals surface area contributed by atoms with Gasteiger partial charge in [0.2, 0.25) is 0 Å². The van der Waals surface area contributed by atoms with E-state index >= 15 is 0 Å². The van der Waals surface area contributed by atoms with Crippen molar-refractivity contribution in [3.63, 3.8) is 0 Å². The number of carboxylic acids is 1. The number of carbonyl (C=O) groups excluding carboxylic acids is 1. The first-order chi connectivity index (χ1) is 13.0. The highest BCUT2D eigenvalue weighted by atomic mass is 16.4. The number of amides is 1. The molecule has 27 heavy (non-hydrogen) atoms. The van der Waals surface area contributed by atoms with Crippen LogP contribution in [0.1, 0.15) is 58.6 Å². The lowest BCUT2D eigenvalue weighted by atomic mass is 9.93. The van der Waals surface area contributed by atoms with Gasteiger partial charge in [-0.1, -0.05) is 6.07 Å². The van der Waals surface area contributed by atoms with Gasteiger partial charge in [-0.2, -0.15) is 0 Å². The minimum atomic E-state index is -0.823. The van der Waals surface area contributed by atoms with Crippen molar-refractivity contribution in [3.05, 3.63) is 51.5 Å². The number of aryl methyl sites for hydroxylation is 2. The maximum Gasteiger partial charge on any atom is 0.303 e. The molecular weight excluding hydrogens is 342 g/mol. The molecule has 2 aromatic rings. The minimum Gasteiger partial charge on any atom is -0.481 e. The summed E-state index contributed by atoms with van der Waals surface area (Å²) >= 11 is 0. The second-order valence-electron chi connectivity index (χ2n) is 7.38. The van der Waals surface area contributed by atoms with Gasteiger partial charge >= 0.3 is 5.97 Å². The molecule has 5 heteroatoms. The standard InChI is InChI=1S/C22H23NO4/c1-12-14(8-10-20(24)25)7-9-17-21(12)16(22(26)23-17)11-19-13(2)15-5-3-4-6-18(15)27-19/h7,9,11H,3-6,8,10H2,1-2H3,(H,23,26)(H,24,25). The van der Waals surface area contributed by atoms with E-state index in [9.17, 15) is 9.59 Å². The summed E-state index contributed by atoms with van der Waals surface area (Å²) in [6.45, 7) is 4.01. The van der Waals surface area contributed by atoms with Crippen LogP contribution < -0.4 is 5.32 Å². The third-order valence-electron chi connectivity index (χ3n) is 5.70. The van der Waals surface area contributed by atoms with Crippen LogP contribution in [0.4, 0.5) is 5.69 Å². The molecule has 0 bridgehead atoms. The zero-order chi connectivity index (χ0) is 19.1. The number of fused-ring (bicyclic) bond motifs is 2. The molecule has 5 nitrogen and oxygen atoms in total. The molecule has 1 aromatic carbocycles. The molecule has 1 aliphatic heterocycles. The van der Waals surface area contributed by atoms with Crippen LogP contribution in [0.25, 0.3) is 11.6 Å². The SMILES string of the molecule is Cc1c(C=C2C(=O)Nc3ccc(CCC(=O)O)c(C)c32)oc2c1CCCC2. The molecule has 1 aromatic heterocycles. The second kappa shape index (κ2) is 6.72. The predicted octanol–water partition coefficient (Wildman–Crippen LogP) is 4.29. The zero-order valence-corrected chi connectivity index (χ0v) is 15.6. The maximum atomic E-state index is 12.6. The molecule has 0 saturated heterocycles. The number of carbonyl (C=O) groups is 2. The Morgan fingerprint density at radius 1 is 1.22 bits per heavy atom. The van der Waals surface area contributed by atoms with Crippen LogP contribution in [0.2, 0.25) is 0 Å². The average molecular weight is 365 g/mol. The molecule has 0 unspecified atom stereocenters. The Labute approximate surface area is 158 Å². The van der Waals surface area contributed by atoms with E-state index in [1.807, 2.05) is 25.1 Å². The van der Waals surface area contributed by atoms with E-state index in [2.05, 4.69) is 12.2 Å². The molecule has 140 valence electrons. The van der Waals surface area contributed by atoms with Crippen molar-refractivity contribution in [3.8, 4) is 0 Å². The van der Waals surface area contributed by atoms with Gasteiger partial charge in [0.15, 0.2) is 0 Å². The van der Waals surface area contributed by atoms with Crippen LogP contribution in [-0.2, 0) is 28.9 Å². The van der Waals surface area contributed by atoms with Crippen molar-refractivity contribution in [2.24, 2.45) is 0 Å². The third kappa shape index (κ3) is 3.07. The fourth-order valence-electron chi connectivity index (χ4n) is 4.17. The molecule has 0 spiro atoms. The summed E-state index contributed by atoms with van der Waals surface area (Å²) in [5, 5.41) is 11.9. The minimum absolute atomic E-state index is 0.0735. The number of rotatable bonds is 4. The number of aliphatic carboxylic acids is 1. The lowest BCUT2D eigenvalue weighted by Gasteiger charge is -2.10. The Kier molecular flexibility index (Phi) is 4.38. The van der Waals surface area contributed by atoms with Crippen LogP contribution in [0.5, 0.6) is 0 Å².